The number of nitrogens with zero attached hydrogens (tertiary/aromatic N) is 2. The maximum atomic E-state index is 13.6. The molecule has 1 N–H and O–H groups in total. The van der Waals surface area contributed by atoms with Gasteiger partial charge in [-0.05, 0) is 35.6 Å². The molecule has 226 valence electrons. The summed E-state index contributed by atoms with van der Waals surface area (Å²) >= 11 is 0. The summed E-state index contributed by atoms with van der Waals surface area (Å²) in [5.41, 5.74) is 2.86. The molecule has 5 rings (SSSR count). The highest BCUT2D eigenvalue weighted by molar-refractivity contribution is 5.79. The summed E-state index contributed by atoms with van der Waals surface area (Å²) in [6.45, 7) is 3.13. The zero-order chi connectivity index (χ0) is 30.7. The van der Waals surface area contributed by atoms with Crippen molar-refractivity contribution in [1.29, 1.82) is 0 Å². The van der Waals surface area contributed by atoms with Crippen LogP contribution in [0.1, 0.15) is 50.0 Å². The van der Waals surface area contributed by atoms with E-state index >= 15 is 0 Å². The Morgan fingerprint density at radius 3 is 2.23 bits per heavy atom. The van der Waals surface area contributed by atoms with Crippen molar-refractivity contribution in [3.8, 4) is 11.1 Å². The van der Waals surface area contributed by atoms with Gasteiger partial charge in [-0.15, -0.1) is 0 Å². The molecule has 12 nitrogen and oxygen atoms in total. The lowest BCUT2D eigenvalue weighted by molar-refractivity contribution is -0.154. The Morgan fingerprint density at radius 1 is 0.977 bits per heavy atom. The number of carbonyl (C=O) groups excluding carboxylic acids is 3. The minimum atomic E-state index is -1.20. The first-order chi connectivity index (χ1) is 20.7. The van der Waals surface area contributed by atoms with Crippen LogP contribution < -0.4 is 11.2 Å². The molecule has 2 aliphatic rings. The molecule has 0 bridgehead atoms. The quantitative estimate of drug-likeness (QED) is 0.293. The molecule has 1 aliphatic heterocycles. The molecule has 0 radical (unpaired) electrons. The van der Waals surface area contributed by atoms with E-state index in [9.17, 15) is 24.0 Å². The Bertz CT molecular complexity index is 1590. The minimum absolute atomic E-state index is 0.0480. The van der Waals surface area contributed by atoms with Gasteiger partial charge in [0.15, 0.2) is 12.3 Å². The molecule has 1 aromatic heterocycles. The standard InChI is InChI=1S/C31H33N3O9/c1-4-40-26(37)14-13-24-27(28(42-18(2)35)29(43-24)34-16-15-25(36)32-30(34)38)33(3)31(39)41-17-23-21-11-7-5-9-19(21)20-10-6-8-12-22(20)23/h5-12,15-16,23-24,27-29H,4,13-14,17H2,1-3H3,(H,32,36,38)/t24-,27-,28-,29-/m1/s1. The lowest BCUT2D eigenvalue weighted by Crippen LogP contribution is -2.50. The third-order valence-electron chi connectivity index (χ3n) is 7.75. The smallest absolute Gasteiger partial charge is 0.410 e. The fourth-order valence-corrected chi connectivity index (χ4v) is 5.91. The maximum absolute atomic E-state index is 13.6. The zero-order valence-electron chi connectivity index (χ0n) is 24.1. The van der Waals surface area contributed by atoms with Gasteiger partial charge in [-0.1, -0.05) is 48.5 Å². The van der Waals surface area contributed by atoms with E-state index in [2.05, 4.69) is 4.98 Å². The fourth-order valence-electron chi connectivity index (χ4n) is 5.91. The van der Waals surface area contributed by atoms with Crippen molar-refractivity contribution in [3.63, 3.8) is 0 Å². The van der Waals surface area contributed by atoms with Gasteiger partial charge in [-0.25, -0.2) is 9.59 Å². The number of H-pyrrole nitrogens is 1. The number of aromatic nitrogens is 2. The second-order valence-electron chi connectivity index (χ2n) is 10.4. The first-order valence-electron chi connectivity index (χ1n) is 14.1. The minimum Gasteiger partial charge on any atom is -0.466 e. The molecule has 0 unspecified atom stereocenters. The van der Waals surface area contributed by atoms with Crippen molar-refractivity contribution in [3.05, 3.63) is 92.8 Å². The fraction of sp³-hybridized carbons (Fsp3) is 0.387. The Balaban J connectivity index is 1.41. The molecular formula is C31H33N3O9. The Kier molecular flexibility index (Phi) is 8.76. The topological polar surface area (TPSA) is 146 Å². The number of amides is 1. The van der Waals surface area contributed by atoms with E-state index in [-0.39, 0.29) is 32.0 Å². The van der Waals surface area contributed by atoms with E-state index in [0.717, 1.165) is 32.9 Å². The first kappa shape index (κ1) is 29.8. The van der Waals surface area contributed by atoms with E-state index in [0.29, 0.717) is 0 Å². The molecule has 1 aliphatic carbocycles. The molecule has 0 saturated carbocycles. The third-order valence-corrected chi connectivity index (χ3v) is 7.75. The van der Waals surface area contributed by atoms with E-state index in [1.165, 1.54) is 25.1 Å². The number of rotatable bonds is 9. The van der Waals surface area contributed by atoms with Gasteiger partial charge in [0.25, 0.3) is 5.56 Å². The van der Waals surface area contributed by atoms with Gasteiger partial charge in [0.1, 0.15) is 12.6 Å². The highest BCUT2D eigenvalue weighted by atomic mass is 16.6. The maximum Gasteiger partial charge on any atom is 0.410 e. The first-order valence-corrected chi connectivity index (χ1v) is 14.1. The number of ether oxygens (including phenoxy) is 4. The largest absolute Gasteiger partial charge is 0.466 e. The van der Waals surface area contributed by atoms with Crippen molar-refractivity contribution in [2.24, 2.45) is 0 Å². The van der Waals surface area contributed by atoms with Crippen molar-refractivity contribution in [2.75, 3.05) is 20.3 Å². The second-order valence-corrected chi connectivity index (χ2v) is 10.4. The summed E-state index contributed by atoms with van der Waals surface area (Å²) in [5, 5.41) is 0. The summed E-state index contributed by atoms with van der Waals surface area (Å²) in [6.07, 6.45) is -2.66. The van der Waals surface area contributed by atoms with Crippen LogP contribution in [0.3, 0.4) is 0 Å². The monoisotopic (exact) mass is 591 g/mol. The molecule has 4 atom stereocenters. The summed E-state index contributed by atoms with van der Waals surface area (Å²) in [6, 6.07) is 16.1. The number of likely N-dealkylation sites (N-methyl/N-ethyl adjacent to an activating group) is 1. The van der Waals surface area contributed by atoms with Crippen LogP contribution in [0.2, 0.25) is 0 Å². The van der Waals surface area contributed by atoms with Crippen LogP contribution in [-0.4, -0.2) is 71.0 Å². The SMILES string of the molecule is CCOC(=O)CC[C@H]1O[C@@H](n2ccc(=O)[nH]c2=O)[C@H](OC(C)=O)[C@@H]1N(C)C(=O)OCC1c2ccccc2-c2ccccc21. The average Bonchev–Trinajstić information content (AvgIpc) is 3.49. The average molecular weight is 592 g/mol. The van der Waals surface area contributed by atoms with Gasteiger partial charge in [0.2, 0.25) is 0 Å². The molecule has 0 spiro atoms. The van der Waals surface area contributed by atoms with Crippen LogP contribution in [0.25, 0.3) is 11.1 Å². The van der Waals surface area contributed by atoms with Crippen LogP contribution in [0.4, 0.5) is 4.79 Å². The van der Waals surface area contributed by atoms with Crippen molar-refractivity contribution < 1.29 is 33.3 Å². The van der Waals surface area contributed by atoms with E-state index in [1.54, 1.807) is 6.92 Å². The molecule has 43 heavy (non-hydrogen) atoms. The number of esters is 2. The number of benzene rings is 2. The second kappa shape index (κ2) is 12.7. The molecule has 12 heteroatoms. The van der Waals surface area contributed by atoms with Crippen molar-refractivity contribution in [2.45, 2.75) is 57.1 Å². The predicted octanol–water partition coefficient (Wildman–Crippen LogP) is 2.96. The van der Waals surface area contributed by atoms with E-state index in [1.807, 2.05) is 48.5 Å². The Morgan fingerprint density at radius 2 is 1.63 bits per heavy atom. The molecular weight excluding hydrogens is 558 g/mol. The van der Waals surface area contributed by atoms with E-state index in [4.69, 9.17) is 18.9 Å². The van der Waals surface area contributed by atoms with Gasteiger partial charge in [0.05, 0.1) is 12.7 Å². The molecule has 1 fully saturated rings. The number of nitrogens with one attached hydrogen (secondary N) is 1. The van der Waals surface area contributed by atoms with E-state index < -0.39 is 53.8 Å². The Labute approximate surface area is 247 Å². The third kappa shape index (κ3) is 6.09. The molecule has 1 saturated heterocycles. The van der Waals surface area contributed by atoms with Gasteiger partial charge < -0.3 is 23.8 Å². The molecule has 1 amide bonds. The lowest BCUT2D eigenvalue weighted by Gasteiger charge is -2.31. The molecule has 2 heterocycles. The van der Waals surface area contributed by atoms with Crippen molar-refractivity contribution >= 4 is 18.0 Å². The highest BCUT2D eigenvalue weighted by Crippen LogP contribution is 2.44. The number of aromatic amines is 1. The number of fused-ring (bicyclic) bond motifs is 3. The van der Waals surface area contributed by atoms with Crippen LogP contribution >= 0.6 is 0 Å². The zero-order valence-corrected chi connectivity index (χ0v) is 24.1. The van der Waals surface area contributed by atoms with Gasteiger partial charge in [-0.2, -0.15) is 0 Å². The lowest BCUT2D eigenvalue weighted by atomic mass is 9.98. The summed E-state index contributed by atoms with van der Waals surface area (Å²) in [5.74, 6) is -1.32. The molecule has 3 aromatic rings. The van der Waals surface area contributed by atoms with Crippen LogP contribution in [-0.2, 0) is 28.5 Å². The number of carbonyl (C=O) groups is 3. The number of hydrogen-bond acceptors (Lipinski definition) is 9. The highest BCUT2D eigenvalue weighted by Gasteiger charge is 2.51. The summed E-state index contributed by atoms with van der Waals surface area (Å²) in [7, 11) is 1.48. The summed E-state index contributed by atoms with van der Waals surface area (Å²) < 4.78 is 23.8. The molecule has 2 aromatic carbocycles. The van der Waals surface area contributed by atoms with Gasteiger partial charge in [0, 0.05) is 38.6 Å². The van der Waals surface area contributed by atoms with Crippen LogP contribution in [0, 0.1) is 0 Å². The summed E-state index contributed by atoms with van der Waals surface area (Å²) in [4.78, 5) is 65.8. The van der Waals surface area contributed by atoms with Crippen molar-refractivity contribution in [1.82, 2.24) is 14.5 Å². The number of hydrogen-bond donors (Lipinski definition) is 1. The van der Waals surface area contributed by atoms with Gasteiger partial charge >= 0.3 is 23.7 Å². The Hall–Kier alpha value is -4.71. The van der Waals surface area contributed by atoms with Crippen LogP contribution in [0.15, 0.2) is 70.4 Å². The van der Waals surface area contributed by atoms with Crippen LogP contribution in [0.5, 0.6) is 0 Å². The van der Waals surface area contributed by atoms with Gasteiger partial charge in [-0.3, -0.25) is 23.9 Å². The normalized spacial score (nSPS) is 20.6. The predicted molar refractivity (Wildman–Crippen MR) is 153 cm³/mol.